The van der Waals surface area contributed by atoms with E-state index in [1.807, 2.05) is 0 Å². The van der Waals surface area contributed by atoms with Gasteiger partial charge in [-0.2, -0.15) is 0 Å². The molecule has 1 amide bonds. The van der Waals surface area contributed by atoms with Crippen LogP contribution < -0.4 is 10.1 Å². The summed E-state index contributed by atoms with van der Waals surface area (Å²) in [6.45, 7) is 4.38. The minimum Gasteiger partial charge on any atom is -0.497 e. The second-order valence-corrected chi connectivity index (χ2v) is 6.85. The van der Waals surface area contributed by atoms with E-state index in [-0.39, 0.29) is 18.3 Å². The second kappa shape index (κ2) is 7.68. The van der Waals surface area contributed by atoms with E-state index in [1.165, 1.54) is 13.2 Å². The summed E-state index contributed by atoms with van der Waals surface area (Å²) >= 11 is 0. The Kier molecular flexibility index (Phi) is 5.56. The molecule has 2 aliphatic rings. The number of benzene rings is 1. The van der Waals surface area contributed by atoms with Gasteiger partial charge in [0, 0.05) is 51.4 Å². The Hall–Kier alpha value is -1.70. The topological polar surface area (TPSA) is 65.0 Å². The molecule has 0 radical (unpaired) electrons. The summed E-state index contributed by atoms with van der Waals surface area (Å²) in [5.74, 6) is -0.124. The van der Waals surface area contributed by atoms with E-state index in [0.29, 0.717) is 37.2 Å². The maximum absolute atomic E-state index is 14.1. The molecule has 0 bridgehead atoms. The number of halogens is 1. The molecule has 25 heavy (non-hydrogen) atoms. The third-order valence-corrected chi connectivity index (χ3v) is 5.01. The van der Waals surface area contributed by atoms with Crippen LogP contribution >= 0.6 is 0 Å². The Morgan fingerprint density at radius 3 is 2.80 bits per heavy atom. The van der Waals surface area contributed by atoms with E-state index >= 15 is 0 Å². The zero-order chi connectivity index (χ0) is 17.9. The van der Waals surface area contributed by atoms with Crippen LogP contribution in [0.15, 0.2) is 18.2 Å². The van der Waals surface area contributed by atoms with Crippen LogP contribution in [-0.4, -0.2) is 72.8 Å². The van der Waals surface area contributed by atoms with E-state index in [1.54, 1.807) is 17.0 Å². The highest BCUT2D eigenvalue weighted by Gasteiger charge is 2.43. The molecule has 0 aromatic heterocycles. The summed E-state index contributed by atoms with van der Waals surface area (Å²) in [6.07, 6.45) is 1.16. The van der Waals surface area contributed by atoms with E-state index in [2.05, 4.69) is 10.2 Å². The van der Waals surface area contributed by atoms with Gasteiger partial charge in [-0.25, -0.2) is 4.39 Å². The maximum Gasteiger partial charge on any atom is 0.256 e. The van der Waals surface area contributed by atoms with Crippen molar-refractivity contribution in [3.63, 3.8) is 0 Å². The number of rotatable bonds is 5. The molecular weight excluding hydrogens is 325 g/mol. The van der Waals surface area contributed by atoms with Gasteiger partial charge in [0.1, 0.15) is 11.6 Å². The minimum absolute atomic E-state index is 0.145. The van der Waals surface area contributed by atoms with Gasteiger partial charge >= 0.3 is 0 Å². The van der Waals surface area contributed by atoms with E-state index in [9.17, 15) is 14.3 Å². The number of carbonyl (C=O) groups excluding carboxylic acids is 1. The lowest BCUT2D eigenvalue weighted by Crippen LogP contribution is -2.60. The molecule has 0 spiro atoms. The number of nitrogens with zero attached hydrogens (tertiary/aromatic N) is 2. The lowest BCUT2D eigenvalue weighted by atomic mass is 9.90. The maximum atomic E-state index is 14.1. The number of piperidine rings is 1. The molecule has 1 unspecified atom stereocenters. The molecule has 2 N–H and O–H groups in total. The Bertz CT molecular complexity index is 622. The van der Waals surface area contributed by atoms with Crippen LogP contribution in [0.5, 0.6) is 5.75 Å². The van der Waals surface area contributed by atoms with Gasteiger partial charge in [-0.3, -0.25) is 9.69 Å². The van der Waals surface area contributed by atoms with Gasteiger partial charge in [0.15, 0.2) is 5.60 Å². The zero-order valence-corrected chi connectivity index (χ0v) is 14.6. The van der Waals surface area contributed by atoms with Gasteiger partial charge in [0.2, 0.25) is 0 Å². The zero-order valence-electron chi connectivity index (χ0n) is 14.6. The Balaban J connectivity index is 1.71. The number of nitrogens with one attached hydrogen (secondary N) is 1. The fraction of sp³-hybridized carbons (Fsp3) is 0.611. The lowest BCUT2D eigenvalue weighted by Gasteiger charge is -2.41. The predicted molar refractivity (Wildman–Crippen MR) is 91.9 cm³/mol. The molecule has 138 valence electrons. The van der Waals surface area contributed by atoms with Gasteiger partial charge in [0.05, 0.1) is 7.11 Å². The van der Waals surface area contributed by atoms with Crippen molar-refractivity contribution in [1.82, 2.24) is 15.1 Å². The average molecular weight is 351 g/mol. The van der Waals surface area contributed by atoms with Crippen LogP contribution in [0, 0.1) is 5.82 Å². The first-order valence-electron chi connectivity index (χ1n) is 8.79. The normalized spacial score (nSPS) is 25.2. The molecule has 2 heterocycles. The number of β-amino-alcohol motifs (C(OH)–C–C–N with tert-alkyl or cyclic N) is 1. The number of amides is 1. The molecule has 7 heteroatoms. The van der Waals surface area contributed by atoms with Gasteiger partial charge in [-0.15, -0.1) is 0 Å². The first kappa shape index (κ1) is 18.1. The molecule has 1 aromatic carbocycles. The standard InChI is InChI=1S/C18H26FN3O3/c1-25-15-3-4-16(19)14(11-15)12-22-8-2-5-18(24,17(22)23)13-21-9-6-20-7-10-21/h3-4,11,20,24H,2,5-10,12-13H2,1H3. The number of ether oxygens (including phenoxy) is 1. The summed E-state index contributed by atoms with van der Waals surface area (Å²) in [6, 6.07) is 4.50. The Labute approximate surface area is 147 Å². The molecule has 2 aliphatic heterocycles. The van der Waals surface area contributed by atoms with Crippen molar-refractivity contribution in [2.45, 2.75) is 25.0 Å². The summed E-state index contributed by atoms with van der Waals surface area (Å²) in [5, 5.41) is 14.2. The quantitative estimate of drug-likeness (QED) is 0.813. The molecule has 2 fully saturated rings. The molecule has 2 saturated heterocycles. The molecule has 1 atom stereocenters. The number of piperazine rings is 1. The first-order chi connectivity index (χ1) is 12.0. The van der Waals surface area contributed by atoms with Crippen LogP contribution in [0.25, 0.3) is 0 Å². The van der Waals surface area contributed by atoms with Gasteiger partial charge in [-0.1, -0.05) is 0 Å². The lowest BCUT2D eigenvalue weighted by molar-refractivity contribution is -0.160. The van der Waals surface area contributed by atoms with Crippen LogP contribution in [-0.2, 0) is 11.3 Å². The highest BCUT2D eigenvalue weighted by atomic mass is 19.1. The van der Waals surface area contributed by atoms with Crippen molar-refractivity contribution >= 4 is 5.91 Å². The number of aliphatic hydroxyl groups is 1. The summed E-state index contributed by atoms with van der Waals surface area (Å²) < 4.78 is 19.2. The van der Waals surface area contributed by atoms with E-state index in [0.717, 1.165) is 26.2 Å². The predicted octanol–water partition coefficient (Wildman–Crippen LogP) is 0.593. The fourth-order valence-corrected chi connectivity index (χ4v) is 3.61. The van der Waals surface area contributed by atoms with E-state index in [4.69, 9.17) is 4.74 Å². The molecule has 1 aromatic rings. The number of likely N-dealkylation sites (tertiary alicyclic amines) is 1. The summed E-state index contributed by atoms with van der Waals surface area (Å²) in [4.78, 5) is 16.5. The van der Waals surface area contributed by atoms with Crippen LogP contribution in [0.2, 0.25) is 0 Å². The van der Waals surface area contributed by atoms with Crippen LogP contribution in [0.4, 0.5) is 4.39 Å². The molecule has 0 aliphatic carbocycles. The van der Waals surface area contributed by atoms with Crippen molar-refractivity contribution < 1.29 is 19.0 Å². The average Bonchev–Trinajstić information content (AvgIpc) is 2.62. The van der Waals surface area contributed by atoms with Crippen molar-refractivity contribution in [3.8, 4) is 5.75 Å². The van der Waals surface area contributed by atoms with E-state index < -0.39 is 5.60 Å². The monoisotopic (exact) mass is 351 g/mol. The van der Waals surface area contributed by atoms with Gasteiger partial charge < -0.3 is 20.1 Å². The van der Waals surface area contributed by atoms with Gasteiger partial charge in [-0.05, 0) is 31.0 Å². The molecular formula is C18H26FN3O3. The second-order valence-electron chi connectivity index (χ2n) is 6.85. The summed E-state index contributed by atoms with van der Waals surface area (Å²) in [7, 11) is 1.52. The number of hydrogen-bond acceptors (Lipinski definition) is 5. The SMILES string of the molecule is COc1ccc(F)c(CN2CCCC(O)(CN3CCNCC3)C2=O)c1. The minimum atomic E-state index is -1.38. The number of methoxy groups -OCH3 is 1. The number of carbonyl (C=O) groups is 1. The highest BCUT2D eigenvalue weighted by molar-refractivity contribution is 5.86. The van der Waals surface area contributed by atoms with Crippen LogP contribution in [0.1, 0.15) is 18.4 Å². The smallest absolute Gasteiger partial charge is 0.256 e. The molecule has 6 nitrogen and oxygen atoms in total. The third kappa shape index (κ3) is 4.11. The number of hydrogen-bond donors (Lipinski definition) is 2. The molecule has 3 rings (SSSR count). The Morgan fingerprint density at radius 2 is 2.08 bits per heavy atom. The van der Waals surface area contributed by atoms with Crippen LogP contribution in [0.3, 0.4) is 0 Å². The van der Waals surface area contributed by atoms with Gasteiger partial charge in [0.25, 0.3) is 5.91 Å². The summed E-state index contributed by atoms with van der Waals surface area (Å²) in [5.41, 5.74) is -0.982. The molecule has 0 saturated carbocycles. The van der Waals surface area contributed by atoms with Crippen molar-refractivity contribution in [3.05, 3.63) is 29.6 Å². The largest absolute Gasteiger partial charge is 0.497 e. The Morgan fingerprint density at radius 1 is 1.32 bits per heavy atom. The fourth-order valence-electron chi connectivity index (χ4n) is 3.61. The first-order valence-corrected chi connectivity index (χ1v) is 8.79. The highest BCUT2D eigenvalue weighted by Crippen LogP contribution is 2.27. The van der Waals surface area contributed by atoms with Crippen molar-refractivity contribution in [1.29, 1.82) is 0 Å². The van der Waals surface area contributed by atoms with Crippen molar-refractivity contribution in [2.75, 3.05) is 46.4 Å². The third-order valence-electron chi connectivity index (χ3n) is 5.01. The van der Waals surface area contributed by atoms with Crippen molar-refractivity contribution in [2.24, 2.45) is 0 Å².